The molecular formula is C7H6F2N2O. The molecule has 3 nitrogen and oxygen atoms in total. The number of nitrogens with zero attached hydrogens (tertiary/aromatic N) is 2. The highest BCUT2D eigenvalue weighted by molar-refractivity contribution is 5.14. The number of hydrogen-bond donors (Lipinski definition) is 0. The Bertz CT molecular complexity index is 261. The molecule has 0 bridgehead atoms. The van der Waals surface area contributed by atoms with Gasteiger partial charge in [-0.25, -0.2) is 8.78 Å². The lowest BCUT2D eigenvalue weighted by molar-refractivity contribution is 0.146. The van der Waals surface area contributed by atoms with Crippen LogP contribution < -0.4 is 0 Å². The third kappa shape index (κ3) is 2.05. The van der Waals surface area contributed by atoms with Gasteiger partial charge in [-0.2, -0.15) is 4.91 Å². The maximum atomic E-state index is 11.9. The summed E-state index contributed by atoms with van der Waals surface area (Å²) in [6, 6.07) is 2.60. The van der Waals surface area contributed by atoms with Crippen LogP contribution in [0, 0.1) is 4.91 Å². The van der Waals surface area contributed by atoms with Crippen molar-refractivity contribution in [1.29, 1.82) is 0 Å². The van der Waals surface area contributed by atoms with Crippen LogP contribution in [0.3, 0.4) is 0 Å². The van der Waals surface area contributed by atoms with Crippen molar-refractivity contribution < 1.29 is 8.78 Å². The second-order valence-electron chi connectivity index (χ2n) is 2.18. The molecule has 0 aliphatic carbocycles. The van der Waals surface area contributed by atoms with Gasteiger partial charge in [-0.15, -0.1) is 0 Å². The number of halogens is 2. The largest absolute Gasteiger partial charge is 0.280 e. The molecule has 0 aromatic carbocycles. The first kappa shape index (κ1) is 8.70. The number of aromatic nitrogens is 1. The second kappa shape index (κ2) is 3.85. The normalized spacial score (nSPS) is 10.2. The molecule has 0 N–H and O–H groups in total. The monoisotopic (exact) mass is 172 g/mol. The zero-order valence-electron chi connectivity index (χ0n) is 6.08. The van der Waals surface area contributed by atoms with Crippen molar-refractivity contribution in [2.75, 3.05) is 0 Å². The quantitative estimate of drug-likeness (QED) is 0.656. The lowest BCUT2D eigenvalue weighted by Gasteiger charge is -1.98. The average molecular weight is 172 g/mol. The summed E-state index contributed by atoms with van der Waals surface area (Å²) in [7, 11) is 0. The molecule has 12 heavy (non-hydrogen) atoms. The van der Waals surface area contributed by atoms with E-state index in [0.717, 1.165) is 0 Å². The summed E-state index contributed by atoms with van der Waals surface area (Å²) in [5, 5.41) is 2.60. The van der Waals surface area contributed by atoms with Crippen LogP contribution in [-0.4, -0.2) is 4.98 Å². The van der Waals surface area contributed by atoms with E-state index in [0.29, 0.717) is 5.56 Å². The predicted molar refractivity (Wildman–Crippen MR) is 38.7 cm³/mol. The van der Waals surface area contributed by atoms with Crippen LogP contribution in [0.15, 0.2) is 23.5 Å². The van der Waals surface area contributed by atoms with E-state index in [-0.39, 0.29) is 12.2 Å². The Labute approximate surface area is 67.4 Å². The van der Waals surface area contributed by atoms with Crippen molar-refractivity contribution in [2.45, 2.75) is 13.0 Å². The van der Waals surface area contributed by atoms with Gasteiger partial charge in [-0.3, -0.25) is 4.98 Å². The van der Waals surface area contributed by atoms with E-state index in [1.807, 2.05) is 0 Å². The van der Waals surface area contributed by atoms with Gasteiger partial charge in [0.15, 0.2) is 0 Å². The molecule has 0 aliphatic rings. The molecule has 1 aromatic heterocycles. The molecule has 0 atom stereocenters. The van der Waals surface area contributed by atoms with Crippen molar-refractivity contribution in [1.82, 2.24) is 4.98 Å². The van der Waals surface area contributed by atoms with Crippen molar-refractivity contribution in [3.63, 3.8) is 0 Å². The highest BCUT2D eigenvalue weighted by atomic mass is 19.3. The van der Waals surface area contributed by atoms with Gasteiger partial charge in [-0.05, 0) is 11.6 Å². The molecule has 64 valence electrons. The van der Waals surface area contributed by atoms with E-state index in [1.54, 1.807) is 0 Å². The van der Waals surface area contributed by atoms with Gasteiger partial charge >= 0.3 is 0 Å². The van der Waals surface area contributed by atoms with Crippen LogP contribution in [0.25, 0.3) is 0 Å². The lowest BCUT2D eigenvalue weighted by Crippen LogP contribution is -1.90. The van der Waals surface area contributed by atoms with Crippen LogP contribution in [0.2, 0.25) is 0 Å². The van der Waals surface area contributed by atoms with Crippen LogP contribution in [-0.2, 0) is 6.54 Å². The van der Waals surface area contributed by atoms with E-state index in [4.69, 9.17) is 0 Å². The smallest absolute Gasteiger partial charge is 0.255 e. The summed E-state index contributed by atoms with van der Waals surface area (Å²) >= 11 is 0. The fourth-order valence-corrected chi connectivity index (χ4v) is 0.733. The first-order chi connectivity index (χ1) is 5.74. The molecule has 1 aromatic rings. The molecule has 0 unspecified atom stereocenters. The second-order valence-corrected chi connectivity index (χ2v) is 2.18. The van der Waals surface area contributed by atoms with E-state index in [9.17, 15) is 13.7 Å². The Morgan fingerprint density at radius 1 is 1.50 bits per heavy atom. The van der Waals surface area contributed by atoms with Crippen molar-refractivity contribution in [3.05, 3.63) is 34.5 Å². The van der Waals surface area contributed by atoms with Gasteiger partial charge in [0.1, 0.15) is 12.2 Å². The maximum Gasteiger partial charge on any atom is 0.280 e. The molecule has 0 saturated carbocycles. The molecule has 0 fully saturated rings. The van der Waals surface area contributed by atoms with Crippen molar-refractivity contribution >= 4 is 0 Å². The first-order valence-corrected chi connectivity index (χ1v) is 3.26. The van der Waals surface area contributed by atoms with Gasteiger partial charge in [0.05, 0.1) is 0 Å². The third-order valence-electron chi connectivity index (χ3n) is 1.32. The topological polar surface area (TPSA) is 42.3 Å². The van der Waals surface area contributed by atoms with Crippen LogP contribution in [0.1, 0.15) is 17.7 Å². The number of pyridine rings is 1. The minimum atomic E-state index is -2.57. The Morgan fingerprint density at radius 2 is 2.25 bits per heavy atom. The minimum absolute atomic E-state index is 0.0312. The van der Waals surface area contributed by atoms with Crippen LogP contribution >= 0.6 is 0 Å². The lowest BCUT2D eigenvalue weighted by atomic mass is 10.2. The Hall–Kier alpha value is -1.39. The minimum Gasteiger partial charge on any atom is -0.255 e. The van der Waals surface area contributed by atoms with Gasteiger partial charge in [0.2, 0.25) is 0 Å². The Morgan fingerprint density at radius 3 is 2.67 bits per heavy atom. The zero-order valence-corrected chi connectivity index (χ0v) is 6.08. The third-order valence-corrected chi connectivity index (χ3v) is 1.32. The summed E-state index contributed by atoms with van der Waals surface area (Å²) in [4.78, 5) is 13.2. The SMILES string of the molecule is O=NCc1ccc(C(F)F)nc1. The van der Waals surface area contributed by atoms with E-state index < -0.39 is 6.43 Å². The fraction of sp³-hybridized carbons (Fsp3) is 0.286. The molecule has 0 amide bonds. The molecule has 0 aliphatic heterocycles. The maximum absolute atomic E-state index is 11.9. The highest BCUT2D eigenvalue weighted by Crippen LogP contribution is 2.15. The number of rotatable bonds is 3. The number of nitroso groups, excluding NO2 is 1. The molecule has 1 rings (SSSR count). The van der Waals surface area contributed by atoms with Gasteiger partial charge in [0.25, 0.3) is 6.43 Å². The van der Waals surface area contributed by atoms with Crippen LogP contribution in [0.5, 0.6) is 0 Å². The summed E-state index contributed by atoms with van der Waals surface area (Å²) in [5.74, 6) is 0. The van der Waals surface area contributed by atoms with Crippen molar-refractivity contribution in [2.24, 2.45) is 5.18 Å². The van der Waals surface area contributed by atoms with Crippen LogP contribution in [0.4, 0.5) is 8.78 Å². The summed E-state index contributed by atoms with van der Waals surface area (Å²) in [6.07, 6.45) is -1.34. The fourth-order valence-electron chi connectivity index (χ4n) is 0.733. The Kier molecular flexibility index (Phi) is 2.79. The highest BCUT2D eigenvalue weighted by Gasteiger charge is 2.07. The molecule has 0 radical (unpaired) electrons. The van der Waals surface area contributed by atoms with E-state index in [1.165, 1.54) is 18.3 Å². The summed E-state index contributed by atoms with van der Waals surface area (Å²) < 4.78 is 23.9. The molecule has 0 spiro atoms. The zero-order chi connectivity index (χ0) is 8.97. The molecule has 0 saturated heterocycles. The Balaban J connectivity index is 2.78. The molecule has 1 heterocycles. The number of hydrogen-bond acceptors (Lipinski definition) is 3. The summed E-state index contributed by atoms with van der Waals surface area (Å²) in [5.41, 5.74) is 0.249. The molecule has 5 heteroatoms. The van der Waals surface area contributed by atoms with Gasteiger partial charge in [-0.1, -0.05) is 11.2 Å². The summed E-state index contributed by atoms with van der Waals surface area (Å²) in [6.45, 7) is -0.0312. The van der Waals surface area contributed by atoms with Crippen molar-refractivity contribution in [3.8, 4) is 0 Å². The van der Waals surface area contributed by atoms with Gasteiger partial charge in [0, 0.05) is 6.20 Å². The average Bonchev–Trinajstić information content (AvgIpc) is 2.06. The predicted octanol–water partition coefficient (Wildman–Crippen LogP) is 2.29. The molecular weight excluding hydrogens is 166 g/mol. The van der Waals surface area contributed by atoms with E-state index >= 15 is 0 Å². The number of alkyl halides is 2. The standard InChI is InChI=1S/C7H6F2N2O/c8-7(9)6-2-1-5(3-10-6)4-11-12/h1-3,7H,4H2. The van der Waals surface area contributed by atoms with E-state index in [2.05, 4.69) is 10.2 Å². The first-order valence-electron chi connectivity index (χ1n) is 3.26. The van der Waals surface area contributed by atoms with Gasteiger partial charge < -0.3 is 0 Å².